The number of rotatable bonds is 8. The molecule has 1 rings (SSSR count). The van der Waals surface area contributed by atoms with Crippen LogP contribution < -0.4 is 4.74 Å². The lowest BCUT2D eigenvalue weighted by molar-refractivity contribution is 0.0697. The third kappa shape index (κ3) is 5.30. The van der Waals surface area contributed by atoms with Gasteiger partial charge >= 0.3 is 5.97 Å². The third-order valence-electron chi connectivity index (χ3n) is 3.37. The fourth-order valence-electron chi connectivity index (χ4n) is 1.73. The van der Waals surface area contributed by atoms with Gasteiger partial charge in [-0.1, -0.05) is 6.92 Å². The van der Waals surface area contributed by atoms with E-state index in [1.165, 1.54) is 0 Å². The number of nitrogens with zero attached hydrogens (tertiary/aromatic N) is 1. The van der Waals surface area contributed by atoms with Gasteiger partial charge in [-0.2, -0.15) is 0 Å². The summed E-state index contributed by atoms with van der Waals surface area (Å²) in [5, 5.41) is 8.78. The summed E-state index contributed by atoms with van der Waals surface area (Å²) in [5.74, 6) is -0.196. The van der Waals surface area contributed by atoms with E-state index in [1.54, 1.807) is 24.3 Å². The second-order valence-electron chi connectivity index (χ2n) is 4.77. The number of hydrogen-bond donors (Lipinski definition) is 1. The van der Waals surface area contributed by atoms with Crippen molar-refractivity contribution in [2.24, 2.45) is 0 Å². The molecule has 1 aromatic carbocycles. The van der Waals surface area contributed by atoms with E-state index < -0.39 is 5.97 Å². The Hall–Kier alpha value is -1.55. The summed E-state index contributed by atoms with van der Waals surface area (Å²) >= 11 is 0. The van der Waals surface area contributed by atoms with Crippen molar-refractivity contribution in [3.8, 4) is 5.75 Å². The highest BCUT2D eigenvalue weighted by Gasteiger charge is 2.06. The molecular weight excluding hydrogens is 242 g/mol. The first-order chi connectivity index (χ1) is 9.04. The van der Waals surface area contributed by atoms with Gasteiger partial charge in [0.1, 0.15) is 5.75 Å². The van der Waals surface area contributed by atoms with Crippen molar-refractivity contribution < 1.29 is 14.6 Å². The van der Waals surface area contributed by atoms with Crippen molar-refractivity contribution in [2.75, 3.05) is 20.2 Å². The standard InChI is InChI=1S/C15H23NO3/c1-4-12(2)16(3)10-5-11-19-14-8-6-13(7-9-14)15(17)18/h6-9,12H,4-5,10-11H2,1-3H3,(H,17,18). The molecule has 0 aliphatic rings. The van der Waals surface area contributed by atoms with Gasteiger partial charge in [0.15, 0.2) is 0 Å². The second kappa shape index (κ2) is 7.79. The van der Waals surface area contributed by atoms with Crippen LogP contribution in [0, 0.1) is 0 Å². The number of ether oxygens (including phenoxy) is 1. The van der Waals surface area contributed by atoms with E-state index >= 15 is 0 Å². The van der Waals surface area contributed by atoms with Crippen molar-refractivity contribution in [2.45, 2.75) is 32.7 Å². The average molecular weight is 265 g/mol. The zero-order chi connectivity index (χ0) is 14.3. The summed E-state index contributed by atoms with van der Waals surface area (Å²) in [6.45, 7) is 6.04. The van der Waals surface area contributed by atoms with Gasteiger partial charge in [-0.05, 0) is 51.1 Å². The summed E-state index contributed by atoms with van der Waals surface area (Å²) < 4.78 is 5.58. The van der Waals surface area contributed by atoms with Gasteiger partial charge in [-0.25, -0.2) is 4.79 Å². The van der Waals surface area contributed by atoms with Crippen LogP contribution in [0.25, 0.3) is 0 Å². The number of benzene rings is 1. The van der Waals surface area contributed by atoms with Gasteiger partial charge in [0.2, 0.25) is 0 Å². The number of carboxylic acid groups (broad SMARTS) is 1. The molecule has 0 bridgehead atoms. The molecule has 19 heavy (non-hydrogen) atoms. The van der Waals surface area contributed by atoms with E-state index in [1.807, 2.05) is 0 Å². The maximum absolute atomic E-state index is 10.7. The second-order valence-corrected chi connectivity index (χ2v) is 4.77. The quantitative estimate of drug-likeness (QED) is 0.734. The summed E-state index contributed by atoms with van der Waals surface area (Å²) in [6.07, 6.45) is 2.11. The van der Waals surface area contributed by atoms with E-state index in [9.17, 15) is 4.79 Å². The zero-order valence-electron chi connectivity index (χ0n) is 11.9. The van der Waals surface area contributed by atoms with Crippen molar-refractivity contribution in [3.05, 3.63) is 29.8 Å². The number of hydrogen-bond acceptors (Lipinski definition) is 3. The molecule has 0 aliphatic heterocycles. The number of aromatic carboxylic acids is 1. The third-order valence-corrected chi connectivity index (χ3v) is 3.37. The first kappa shape index (κ1) is 15.5. The maximum Gasteiger partial charge on any atom is 0.335 e. The summed E-state index contributed by atoms with van der Waals surface area (Å²) in [7, 11) is 2.12. The molecule has 1 unspecified atom stereocenters. The molecule has 1 aromatic rings. The predicted octanol–water partition coefficient (Wildman–Crippen LogP) is 2.88. The van der Waals surface area contributed by atoms with Crippen LogP contribution in [-0.4, -0.2) is 42.2 Å². The van der Waals surface area contributed by atoms with E-state index in [0.29, 0.717) is 12.6 Å². The Kier molecular flexibility index (Phi) is 6.36. The molecule has 0 radical (unpaired) electrons. The molecule has 0 aromatic heterocycles. The Morgan fingerprint density at radius 2 is 2.00 bits per heavy atom. The van der Waals surface area contributed by atoms with Crippen LogP contribution >= 0.6 is 0 Å². The lowest BCUT2D eigenvalue weighted by Crippen LogP contribution is -2.30. The number of carbonyl (C=O) groups is 1. The monoisotopic (exact) mass is 265 g/mol. The number of carboxylic acids is 1. The molecule has 4 heteroatoms. The first-order valence-corrected chi connectivity index (χ1v) is 6.71. The van der Waals surface area contributed by atoms with Crippen LogP contribution in [0.1, 0.15) is 37.0 Å². The van der Waals surface area contributed by atoms with Crippen molar-refractivity contribution in [1.82, 2.24) is 4.90 Å². The Morgan fingerprint density at radius 3 is 2.53 bits per heavy atom. The smallest absolute Gasteiger partial charge is 0.335 e. The highest BCUT2D eigenvalue weighted by molar-refractivity contribution is 5.87. The minimum absolute atomic E-state index is 0.281. The maximum atomic E-state index is 10.7. The summed E-state index contributed by atoms with van der Waals surface area (Å²) in [4.78, 5) is 13.0. The van der Waals surface area contributed by atoms with E-state index in [0.717, 1.165) is 25.1 Å². The minimum Gasteiger partial charge on any atom is -0.494 e. The van der Waals surface area contributed by atoms with Crippen LogP contribution in [0.5, 0.6) is 5.75 Å². The Bertz CT molecular complexity index is 389. The predicted molar refractivity (Wildman–Crippen MR) is 75.9 cm³/mol. The molecule has 106 valence electrons. The molecule has 1 atom stereocenters. The van der Waals surface area contributed by atoms with Gasteiger partial charge in [-0.15, -0.1) is 0 Å². The van der Waals surface area contributed by atoms with Crippen molar-refractivity contribution in [3.63, 3.8) is 0 Å². The van der Waals surface area contributed by atoms with Crippen LogP contribution in [0.3, 0.4) is 0 Å². The topological polar surface area (TPSA) is 49.8 Å². The van der Waals surface area contributed by atoms with E-state index in [4.69, 9.17) is 9.84 Å². The fraction of sp³-hybridized carbons (Fsp3) is 0.533. The van der Waals surface area contributed by atoms with Gasteiger partial charge < -0.3 is 14.7 Å². The average Bonchev–Trinajstić information content (AvgIpc) is 2.42. The Labute approximate surface area is 115 Å². The summed E-state index contributed by atoms with van der Waals surface area (Å²) in [6, 6.07) is 7.10. The highest BCUT2D eigenvalue weighted by atomic mass is 16.5. The lowest BCUT2D eigenvalue weighted by atomic mass is 10.2. The lowest BCUT2D eigenvalue weighted by Gasteiger charge is -2.23. The van der Waals surface area contributed by atoms with Crippen LogP contribution in [0.15, 0.2) is 24.3 Å². The summed E-state index contributed by atoms with van der Waals surface area (Å²) in [5.41, 5.74) is 0.281. The molecule has 0 saturated heterocycles. The van der Waals surface area contributed by atoms with Crippen molar-refractivity contribution in [1.29, 1.82) is 0 Å². The molecule has 0 saturated carbocycles. The highest BCUT2D eigenvalue weighted by Crippen LogP contribution is 2.12. The molecule has 0 spiro atoms. The molecule has 4 nitrogen and oxygen atoms in total. The van der Waals surface area contributed by atoms with Crippen LogP contribution in [0.2, 0.25) is 0 Å². The minimum atomic E-state index is -0.915. The molecule has 0 heterocycles. The van der Waals surface area contributed by atoms with Crippen LogP contribution in [-0.2, 0) is 0 Å². The normalized spacial score (nSPS) is 12.4. The zero-order valence-corrected chi connectivity index (χ0v) is 11.9. The SMILES string of the molecule is CCC(C)N(C)CCCOc1ccc(C(=O)O)cc1. The molecule has 0 aliphatic carbocycles. The Balaban J connectivity index is 2.28. The van der Waals surface area contributed by atoms with Crippen LogP contribution in [0.4, 0.5) is 0 Å². The van der Waals surface area contributed by atoms with E-state index in [-0.39, 0.29) is 5.56 Å². The van der Waals surface area contributed by atoms with Gasteiger partial charge in [-0.3, -0.25) is 0 Å². The van der Waals surface area contributed by atoms with Gasteiger partial charge in [0, 0.05) is 12.6 Å². The molecule has 0 fully saturated rings. The fourth-order valence-corrected chi connectivity index (χ4v) is 1.73. The van der Waals surface area contributed by atoms with Crippen molar-refractivity contribution >= 4 is 5.97 Å². The van der Waals surface area contributed by atoms with E-state index in [2.05, 4.69) is 25.8 Å². The molecular formula is C15H23NO3. The van der Waals surface area contributed by atoms with Gasteiger partial charge in [0.25, 0.3) is 0 Å². The largest absolute Gasteiger partial charge is 0.494 e. The first-order valence-electron chi connectivity index (χ1n) is 6.71. The molecule has 0 amide bonds. The molecule has 1 N–H and O–H groups in total. The van der Waals surface area contributed by atoms with Gasteiger partial charge in [0.05, 0.1) is 12.2 Å². The Morgan fingerprint density at radius 1 is 1.37 bits per heavy atom.